The molecule has 13 heteroatoms. The van der Waals surface area contributed by atoms with Gasteiger partial charge in [-0.1, -0.05) is 23.7 Å². The van der Waals surface area contributed by atoms with Gasteiger partial charge in [0.1, 0.15) is 24.0 Å². The zero-order valence-corrected chi connectivity index (χ0v) is 23.1. The van der Waals surface area contributed by atoms with Gasteiger partial charge in [-0.2, -0.15) is 0 Å². The smallest absolute Gasteiger partial charge is 0.271 e. The number of carbonyl (C=O) groups excluding carboxylic acids is 2. The molecule has 0 aromatic heterocycles. The van der Waals surface area contributed by atoms with Gasteiger partial charge in [-0.05, 0) is 51.5 Å². The molecule has 0 saturated carbocycles. The number of nitrogens with zero attached hydrogens (tertiary/aromatic N) is 3. The molecule has 202 valence electrons. The number of nitro benzene ring substituents is 1. The number of halogens is 1. The van der Waals surface area contributed by atoms with E-state index in [-0.39, 0.29) is 23.7 Å². The summed E-state index contributed by atoms with van der Waals surface area (Å²) in [4.78, 5) is 38.5. The average Bonchev–Trinajstić information content (AvgIpc) is 2.79. The van der Waals surface area contributed by atoms with Crippen molar-refractivity contribution in [2.24, 2.45) is 0 Å². The summed E-state index contributed by atoms with van der Waals surface area (Å²) in [7, 11) is -2.83. The number of benzene rings is 2. The zero-order valence-electron chi connectivity index (χ0n) is 21.5. The maximum Gasteiger partial charge on any atom is 0.271 e. The number of ether oxygens (including phenoxy) is 1. The molecule has 0 fully saturated rings. The highest BCUT2D eigenvalue weighted by Gasteiger charge is 2.32. The van der Waals surface area contributed by atoms with Gasteiger partial charge in [-0.25, -0.2) is 8.42 Å². The standard InChI is InChI=1S/C24H31ClN4O7S/c1-16(23(31)26-24(2,3)4)27(14-17-7-9-18(25)10-8-17)22(30)15-28(37(6,34)35)20-13-19(29(32)33)11-12-21(20)36-5/h7-13,16H,14-15H2,1-6H3,(H,26,31). The van der Waals surface area contributed by atoms with E-state index in [4.69, 9.17) is 16.3 Å². The fraction of sp³-hybridized carbons (Fsp3) is 0.417. The Bertz CT molecular complexity index is 1260. The Morgan fingerprint density at radius 1 is 1.16 bits per heavy atom. The molecule has 37 heavy (non-hydrogen) atoms. The number of anilines is 1. The number of carbonyl (C=O) groups is 2. The van der Waals surface area contributed by atoms with Crippen molar-refractivity contribution in [3.63, 3.8) is 0 Å². The normalized spacial score (nSPS) is 12.4. The topological polar surface area (TPSA) is 139 Å². The number of non-ortho nitro benzene ring substituents is 1. The van der Waals surface area contributed by atoms with E-state index in [1.807, 2.05) is 0 Å². The molecular formula is C24H31ClN4O7S. The number of hydrogen-bond donors (Lipinski definition) is 1. The summed E-state index contributed by atoms with van der Waals surface area (Å²) in [5.74, 6) is -1.12. The van der Waals surface area contributed by atoms with Crippen molar-refractivity contribution in [1.82, 2.24) is 10.2 Å². The summed E-state index contributed by atoms with van der Waals surface area (Å²) in [5.41, 5.74) is -0.472. The second-order valence-electron chi connectivity index (χ2n) is 9.45. The van der Waals surface area contributed by atoms with Crippen LogP contribution in [0.25, 0.3) is 0 Å². The predicted molar refractivity (Wildman–Crippen MR) is 141 cm³/mol. The third-order valence-corrected chi connectivity index (χ3v) is 6.63. The lowest BCUT2D eigenvalue weighted by Gasteiger charge is -2.33. The van der Waals surface area contributed by atoms with Crippen molar-refractivity contribution in [3.8, 4) is 5.75 Å². The third kappa shape index (κ3) is 8.32. The van der Waals surface area contributed by atoms with Gasteiger partial charge in [0, 0.05) is 29.2 Å². The molecule has 0 saturated heterocycles. The van der Waals surface area contributed by atoms with Gasteiger partial charge >= 0.3 is 0 Å². The van der Waals surface area contributed by atoms with E-state index in [2.05, 4.69) is 5.32 Å². The lowest BCUT2D eigenvalue weighted by molar-refractivity contribution is -0.384. The number of sulfonamides is 1. The van der Waals surface area contributed by atoms with E-state index in [0.717, 1.165) is 22.7 Å². The van der Waals surface area contributed by atoms with Crippen molar-refractivity contribution >= 4 is 44.8 Å². The van der Waals surface area contributed by atoms with Gasteiger partial charge in [0.15, 0.2) is 0 Å². The Balaban J connectivity index is 2.52. The molecule has 2 aromatic rings. The van der Waals surface area contributed by atoms with Crippen molar-refractivity contribution < 1.29 is 27.7 Å². The largest absolute Gasteiger partial charge is 0.495 e. The minimum absolute atomic E-state index is 0.0155. The van der Waals surface area contributed by atoms with Gasteiger partial charge in [0.25, 0.3) is 5.69 Å². The molecule has 0 heterocycles. The van der Waals surface area contributed by atoms with E-state index < -0.39 is 44.9 Å². The minimum atomic E-state index is -4.11. The van der Waals surface area contributed by atoms with Crippen LogP contribution in [0, 0.1) is 10.1 Å². The van der Waals surface area contributed by atoms with E-state index in [1.165, 1.54) is 25.0 Å². The predicted octanol–water partition coefficient (Wildman–Crippen LogP) is 3.35. The van der Waals surface area contributed by atoms with Gasteiger partial charge in [0.05, 0.1) is 18.3 Å². The molecule has 1 N–H and O–H groups in total. The molecule has 1 atom stereocenters. The summed E-state index contributed by atoms with van der Waals surface area (Å²) in [6, 6.07) is 9.11. The van der Waals surface area contributed by atoms with Gasteiger partial charge in [-0.15, -0.1) is 0 Å². The maximum absolute atomic E-state index is 13.6. The Labute approximate surface area is 221 Å². The van der Waals surface area contributed by atoms with Gasteiger partial charge < -0.3 is 15.0 Å². The number of amides is 2. The molecule has 2 amide bonds. The van der Waals surface area contributed by atoms with Crippen LogP contribution in [-0.2, 0) is 26.2 Å². The molecule has 0 aliphatic carbocycles. The minimum Gasteiger partial charge on any atom is -0.495 e. The van der Waals surface area contributed by atoms with E-state index in [1.54, 1.807) is 45.0 Å². The zero-order chi connectivity index (χ0) is 28.1. The van der Waals surface area contributed by atoms with Crippen molar-refractivity contribution in [2.75, 3.05) is 24.2 Å². The van der Waals surface area contributed by atoms with Crippen LogP contribution >= 0.6 is 11.6 Å². The molecule has 2 rings (SSSR count). The van der Waals surface area contributed by atoms with Crippen LogP contribution < -0.4 is 14.4 Å². The lowest BCUT2D eigenvalue weighted by Crippen LogP contribution is -2.54. The number of nitrogens with one attached hydrogen (secondary N) is 1. The fourth-order valence-corrected chi connectivity index (χ4v) is 4.40. The first-order valence-electron chi connectivity index (χ1n) is 11.2. The molecule has 0 aliphatic rings. The highest BCUT2D eigenvalue weighted by Crippen LogP contribution is 2.34. The van der Waals surface area contributed by atoms with E-state index in [0.29, 0.717) is 10.6 Å². The second kappa shape index (κ2) is 11.8. The van der Waals surface area contributed by atoms with Crippen molar-refractivity contribution in [3.05, 3.63) is 63.2 Å². The first-order valence-corrected chi connectivity index (χ1v) is 13.4. The van der Waals surface area contributed by atoms with Gasteiger partial charge in [0.2, 0.25) is 21.8 Å². The summed E-state index contributed by atoms with van der Waals surface area (Å²) in [6.07, 6.45) is 0.873. The summed E-state index contributed by atoms with van der Waals surface area (Å²) < 4.78 is 31.5. The fourth-order valence-electron chi connectivity index (χ4n) is 3.42. The highest BCUT2D eigenvalue weighted by atomic mass is 35.5. The Hall–Kier alpha value is -3.38. The molecule has 2 aromatic carbocycles. The second-order valence-corrected chi connectivity index (χ2v) is 11.8. The Morgan fingerprint density at radius 2 is 1.76 bits per heavy atom. The molecular weight excluding hydrogens is 524 g/mol. The SMILES string of the molecule is COc1ccc([N+](=O)[O-])cc1N(CC(=O)N(Cc1ccc(Cl)cc1)C(C)C(=O)NC(C)(C)C)S(C)(=O)=O. The van der Waals surface area contributed by atoms with Gasteiger partial charge in [-0.3, -0.25) is 24.0 Å². The number of hydrogen-bond acceptors (Lipinski definition) is 7. The lowest BCUT2D eigenvalue weighted by atomic mass is 10.1. The summed E-state index contributed by atoms with van der Waals surface area (Å²) in [6.45, 7) is 6.18. The molecule has 0 radical (unpaired) electrons. The van der Waals surface area contributed by atoms with Crippen LogP contribution in [0.15, 0.2) is 42.5 Å². The number of methoxy groups -OCH3 is 1. The number of nitro groups is 1. The molecule has 0 aliphatic heterocycles. The molecule has 11 nitrogen and oxygen atoms in total. The van der Waals surface area contributed by atoms with Crippen molar-refractivity contribution in [1.29, 1.82) is 0 Å². The number of rotatable bonds is 10. The maximum atomic E-state index is 13.6. The van der Waals surface area contributed by atoms with Crippen LogP contribution in [0.4, 0.5) is 11.4 Å². The Morgan fingerprint density at radius 3 is 2.24 bits per heavy atom. The quantitative estimate of drug-likeness (QED) is 0.351. The van der Waals surface area contributed by atoms with Crippen LogP contribution in [-0.4, -0.2) is 61.5 Å². The Kier molecular flexibility index (Phi) is 9.50. The first-order chi connectivity index (χ1) is 17.0. The first kappa shape index (κ1) is 29.8. The highest BCUT2D eigenvalue weighted by molar-refractivity contribution is 7.92. The molecule has 1 unspecified atom stereocenters. The van der Waals surface area contributed by atoms with Crippen LogP contribution in [0.3, 0.4) is 0 Å². The van der Waals surface area contributed by atoms with Crippen LogP contribution in [0.5, 0.6) is 5.75 Å². The van der Waals surface area contributed by atoms with Crippen molar-refractivity contribution in [2.45, 2.75) is 45.8 Å². The summed E-state index contributed by atoms with van der Waals surface area (Å²) >= 11 is 5.97. The summed E-state index contributed by atoms with van der Waals surface area (Å²) in [5, 5.41) is 14.6. The average molecular weight is 555 g/mol. The van der Waals surface area contributed by atoms with Crippen LogP contribution in [0.2, 0.25) is 5.02 Å². The van der Waals surface area contributed by atoms with E-state index in [9.17, 15) is 28.1 Å². The molecule has 0 spiro atoms. The van der Waals surface area contributed by atoms with Crippen LogP contribution in [0.1, 0.15) is 33.3 Å². The molecule has 0 bridgehead atoms. The third-order valence-electron chi connectivity index (χ3n) is 5.25. The van der Waals surface area contributed by atoms with E-state index >= 15 is 0 Å². The monoisotopic (exact) mass is 554 g/mol.